The summed E-state index contributed by atoms with van der Waals surface area (Å²) in [7, 11) is 0. The van der Waals surface area contributed by atoms with Gasteiger partial charge in [-0.15, -0.1) is 22.0 Å². The fraction of sp³-hybridized carbons (Fsp3) is 0.176. The van der Waals surface area contributed by atoms with E-state index in [1.54, 1.807) is 36.0 Å². The predicted molar refractivity (Wildman–Crippen MR) is 92.5 cm³/mol. The Morgan fingerprint density at radius 1 is 1.16 bits per heavy atom. The molecule has 8 heteroatoms. The molecule has 0 saturated carbocycles. The number of hydrogen-bond acceptors (Lipinski definition) is 6. The third kappa shape index (κ3) is 4.21. The molecule has 1 unspecified atom stereocenters. The molecule has 0 aliphatic carbocycles. The SMILES string of the molecule is CC(SCc1nnc(-c2ccc([N+](=O)[O-])cc2)o1)c1ccc(F)cc1. The van der Waals surface area contributed by atoms with Crippen LogP contribution in [0.1, 0.15) is 23.6 Å². The van der Waals surface area contributed by atoms with Crippen LogP contribution in [0.15, 0.2) is 52.9 Å². The van der Waals surface area contributed by atoms with E-state index in [0.717, 1.165) is 5.56 Å². The monoisotopic (exact) mass is 359 g/mol. The predicted octanol–water partition coefficient (Wildman–Crippen LogP) is 4.78. The molecule has 0 N–H and O–H groups in total. The Labute approximate surface area is 147 Å². The van der Waals surface area contributed by atoms with E-state index in [0.29, 0.717) is 23.1 Å². The lowest BCUT2D eigenvalue weighted by Gasteiger charge is -2.09. The van der Waals surface area contributed by atoms with Gasteiger partial charge >= 0.3 is 0 Å². The highest BCUT2D eigenvalue weighted by Crippen LogP contribution is 2.31. The number of thioether (sulfide) groups is 1. The van der Waals surface area contributed by atoms with Crippen molar-refractivity contribution in [1.29, 1.82) is 0 Å². The molecule has 25 heavy (non-hydrogen) atoms. The van der Waals surface area contributed by atoms with Crippen LogP contribution in [-0.4, -0.2) is 15.1 Å². The topological polar surface area (TPSA) is 82.1 Å². The van der Waals surface area contributed by atoms with E-state index in [-0.39, 0.29) is 16.8 Å². The van der Waals surface area contributed by atoms with E-state index < -0.39 is 4.92 Å². The Morgan fingerprint density at radius 3 is 2.48 bits per heavy atom. The van der Waals surface area contributed by atoms with E-state index in [1.807, 2.05) is 6.92 Å². The molecule has 0 saturated heterocycles. The number of nitro groups is 1. The molecule has 0 aliphatic rings. The second kappa shape index (κ2) is 7.43. The summed E-state index contributed by atoms with van der Waals surface area (Å²) < 4.78 is 18.6. The van der Waals surface area contributed by atoms with Crippen molar-refractivity contribution in [2.45, 2.75) is 17.9 Å². The number of nitrogens with zero attached hydrogens (tertiary/aromatic N) is 3. The molecule has 2 aromatic carbocycles. The van der Waals surface area contributed by atoms with E-state index in [4.69, 9.17) is 4.42 Å². The fourth-order valence-corrected chi connectivity index (χ4v) is 3.04. The summed E-state index contributed by atoms with van der Waals surface area (Å²) in [6.45, 7) is 2.02. The van der Waals surface area contributed by atoms with Crippen molar-refractivity contribution in [2.24, 2.45) is 0 Å². The standard InChI is InChI=1S/C17H14FN3O3S/c1-11(12-2-6-14(18)7-3-12)25-10-16-19-20-17(24-16)13-4-8-15(9-5-13)21(22)23/h2-9,11H,10H2,1H3. The Bertz CT molecular complexity index is 866. The highest BCUT2D eigenvalue weighted by Gasteiger charge is 2.13. The summed E-state index contributed by atoms with van der Waals surface area (Å²) in [6, 6.07) is 12.3. The van der Waals surface area contributed by atoms with Crippen LogP contribution < -0.4 is 0 Å². The zero-order chi connectivity index (χ0) is 17.8. The molecule has 0 radical (unpaired) electrons. The lowest BCUT2D eigenvalue weighted by molar-refractivity contribution is -0.384. The van der Waals surface area contributed by atoms with E-state index in [1.165, 1.54) is 24.3 Å². The molecule has 128 valence electrons. The summed E-state index contributed by atoms with van der Waals surface area (Å²) in [4.78, 5) is 10.2. The second-order valence-electron chi connectivity index (χ2n) is 5.31. The van der Waals surface area contributed by atoms with Gasteiger partial charge in [0.25, 0.3) is 5.69 Å². The molecule has 1 heterocycles. The van der Waals surface area contributed by atoms with Gasteiger partial charge in [-0.3, -0.25) is 10.1 Å². The molecule has 0 aliphatic heterocycles. The van der Waals surface area contributed by atoms with Crippen molar-refractivity contribution in [1.82, 2.24) is 10.2 Å². The number of hydrogen-bond donors (Lipinski definition) is 0. The van der Waals surface area contributed by atoms with Crippen LogP contribution in [0, 0.1) is 15.9 Å². The van der Waals surface area contributed by atoms with Gasteiger partial charge in [0.1, 0.15) is 5.82 Å². The zero-order valence-electron chi connectivity index (χ0n) is 13.3. The average molecular weight is 359 g/mol. The first-order valence-electron chi connectivity index (χ1n) is 7.47. The molecular formula is C17H14FN3O3S. The number of benzene rings is 2. The highest BCUT2D eigenvalue weighted by atomic mass is 32.2. The smallest absolute Gasteiger partial charge is 0.269 e. The number of rotatable bonds is 6. The Kier molecular flexibility index (Phi) is 5.08. The van der Waals surface area contributed by atoms with Crippen LogP contribution >= 0.6 is 11.8 Å². The van der Waals surface area contributed by atoms with Crippen LogP contribution in [-0.2, 0) is 5.75 Å². The Balaban J connectivity index is 1.63. The number of nitro benzene ring substituents is 1. The molecule has 6 nitrogen and oxygen atoms in total. The summed E-state index contributed by atoms with van der Waals surface area (Å²) in [5.41, 5.74) is 1.65. The number of non-ortho nitro benzene ring substituents is 1. The van der Waals surface area contributed by atoms with Gasteiger partial charge in [-0.2, -0.15) is 0 Å². The van der Waals surface area contributed by atoms with Gasteiger partial charge in [0.05, 0.1) is 10.7 Å². The van der Waals surface area contributed by atoms with Crippen LogP contribution in [0.5, 0.6) is 0 Å². The molecule has 0 bridgehead atoms. The van der Waals surface area contributed by atoms with Gasteiger partial charge in [0.2, 0.25) is 11.8 Å². The van der Waals surface area contributed by atoms with Gasteiger partial charge in [-0.05, 0) is 36.8 Å². The molecule has 3 rings (SSSR count). The third-order valence-electron chi connectivity index (χ3n) is 3.59. The quantitative estimate of drug-likeness (QED) is 0.465. The van der Waals surface area contributed by atoms with Gasteiger partial charge in [-0.25, -0.2) is 4.39 Å². The van der Waals surface area contributed by atoms with Crippen molar-refractivity contribution in [3.05, 3.63) is 75.9 Å². The van der Waals surface area contributed by atoms with Crippen molar-refractivity contribution >= 4 is 17.4 Å². The first kappa shape index (κ1) is 17.1. The zero-order valence-corrected chi connectivity index (χ0v) is 14.1. The molecular weight excluding hydrogens is 345 g/mol. The van der Waals surface area contributed by atoms with Gasteiger partial charge < -0.3 is 4.42 Å². The molecule has 1 atom stereocenters. The molecule has 0 amide bonds. The maximum Gasteiger partial charge on any atom is 0.269 e. The molecule has 0 fully saturated rings. The Hall–Kier alpha value is -2.74. The second-order valence-corrected chi connectivity index (χ2v) is 6.64. The minimum absolute atomic E-state index is 0.00664. The van der Waals surface area contributed by atoms with Crippen molar-refractivity contribution < 1.29 is 13.7 Å². The third-order valence-corrected chi connectivity index (χ3v) is 4.77. The average Bonchev–Trinajstić information content (AvgIpc) is 3.09. The van der Waals surface area contributed by atoms with Gasteiger partial charge in [0, 0.05) is 22.9 Å². The van der Waals surface area contributed by atoms with E-state index in [9.17, 15) is 14.5 Å². The van der Waals surface area contributed by atoms with Crippen molar-refractivity contribution in [3.8, 4) is 11.5 Å². The van der Waals surface area contributed by atoms with Crippen LogP contribution in [0.2, 0.25) is 0 Å². The van der Waals surface area contributed by atoms with Crippen molar-refractivity contribution in [2.75, 3.05) is 0 Å². The minimum Gasteiger partial charge on any atom is -0.420 e. The van der Waals surface area contributed by atoms with Gasteiger partial charge in [0.15, 0.2) is 0 Å². The van der Waals surface area contributed by atoms with E-state index in [2.05, 4.69) is 10.2 Å². The van der Waals surface area contributed by atoms with Crippen LogP contribution in [0.25, 0.3) is 11.5 Å². The van der Waals surface area contributed by atoms with Crippen LogP contribution in [0.4, 0.5) is 10.1 Å². The number of halogens is 1. The maximum atomic E-state index is 13.0. The number of aromatic nitrogens is 2. The fourth-order valence-electron chi connectivity index (χ4n) is 2.18. The lowest BCUT2D eigenvalue weighted by atomic mass is 10.2. The van der Waals surface area contributed by atoms with E-state index >= 15 is 0 Å². The summed E-state index contributed by atoms with van der Waals surface area (Å²) in [5, 5.41) is 18.8. The first-order valence-corrected chi connectivity index (χ1v) is 8.52. The normalized spacial score (nSPS) is 12.1. The summed E-state index contributed by atoms with van der Waals surface area (Å²) in [6.07, 6.45) is 0. The Morgan fingerprint density at radius 2 is 1.84 bits per heavy atom. The summed E-state index contributed by atoms with van der Waals surface area (Å²) in [5.74, 6) is 1.04. The maximum absolute atomic E-state index is 13.0. The first-order chi connectivity index (χ1) is 12.0. The van der Waals surface area contributed by atoms with Gasteiger partial charge in [-0.1, -0.05) is 12.1 Å². The molecule has 1 aromatic heterocycles. The lowest BCUT2D eigenvalue weighted by Crippen LogP contribution is -1.90. The highest BCUT2D eigenvalue weighted by molar-refractivity contribution is 7.98. The molecule has 0 spiro atoms. The molecule has 3 aromatic rings. The van der Waals surface area contributed by atoms with Crippen LogP contribution in [0.3, 0.4) is 0 Å². The van der Waals surface area contributed by atoms with Crippen molar-refractivity contribution in [3.63, 3.8) is 0 Å². The minimum atomic E-state index is -0.462. The summed E-state index contributed by atoms with van der Waals surface area (Å²) >= 11 is 1.60. The largest absolute Gasteiger partial charge is 0.420 e.